The molecule has 43 heavy (non-hydrogen) atoms. The summed E-state index contributed by atoms with van der Waals surface area (Å²) < 4.78 is 21.8. The summed E-state index contributed by atoms with van der Waals surface area (Å²) in [5.74, 6) is -0.139. The fourth-order valence-electron chi connectivity index (χ4n) is 5.47. The van der Waals surface area contributed by atoms with Gasteiger partial charge in [-0.2, -0.15) is 0 Å². The second-order valence-corrected chi connectivity index (χ2v) is 11.2. The lowest BCUT2D eigenvalue weighted by Gasteiger charge is -2.45. The Kier molecular flexibility index (Phi) is 7.63. The summed E-state index contributed by atoms with van der Waals surface area (Å²) in [5, 5.41) is 2.73. The van der Waals surface area contributed by atoms with Gasteiger partial charge in [-0.05, 0) is 75.8 Å². The Hall–Kier alpha value is -4.68. The van der Waals surface area contributed by atoms with E-state index in [0.717, 1.165) is 60.6 Å². The topological polar surface area (TPSA) is 115 Å². The van der Waals surface area contributed by atoms with Crippen LogP contribution in [-0.4, -0.2) is 67.5 Å². The zero-order valence-corrected chi connectivity index (χ0v) is 24.2. The van der Waals surface area contributed by atoms with Crippen molar-refractivity contribution in [1.29, 1.82) is 0 Å². The van der Waals surface area contributed by atoms with E-state index in [0.29, 0.717) is 23.4 Å². The van der Waals surface area contributed by atoms with E-state index in [1.807, 2.05) is 0 Å². The molecule has 4 heterocycles. The van der Waals surface area contributed by atoms with E-state index in [-0.39, 0.29) is 17.3 Å². The molecule has 11 nitrogen and oxygen atoms in total. The summed E-state index contributed by atoms with van der Waals surface area (Å²) >= 11 is 0. The standard InChI is InChI=1S/C31H32FN7O4/c1-19(2)38-16-26(30(41)39(31(38)42)22-8-4-20(32)5-9-22)28(40)35-21-6-10-24(11-7-21)43-29-25-12-13-37(23-14-36(3)15-23)17-27(25)33-18-34-29/h4-11,16,18-19,23H,12-15,17H2,1-3H3,(H,35,40). The predicted octanol–water partition coefficient (Wildman–Crippen LogP) is 3.23. The van der Waals surface area contributed by atoms with Crippen LogP contribution >= 0.6 is 0 Å². The zero-order chi connectivity index (χ0) is 30.2. The number of rotatable bonds is 7. The number of benzene rings is 2. The smallest absolute Gasteiger partial charge is 0.335 e. The van der Waals surface area contributed by atoms with Crippen LogP contribution in [0.2, 0.25) is 0 Å². The first-order valence-corrected chi connectivity index (χ1v) is 14.2. The highest BCUT2D eigenvalue weighted by atomic mass is 19.1. The van der Waals surface area contributed by atoms with Gasteiger partial charge in [-0.3, -0.25) is 19.1 Å². The van der Waals surface area contributed by atoms with E-state index in [9.17, 15) is 18.8 Å². The molecule has 2 aliphatic rings. The first-order chi connectivity index (χ1) is 20.7. The predicted molar refractivity (Wildman–Crippen MR) is 159 cm³/mol. The van der Waals surface area contributed by atoms with E-state index in [1.165, 1.54) is 29.2 Å². The number of carbonyl (C=O) groups excluding carboxylic acids is 1. The Morgan fingerprint density at radius 3 is 2.44 bits per heavy atom. The number of likely N-dealkylation sites (N-methyl/N-ethyl adjacent to an activating group) is 1. The van der Waals surface area contributed by atoms with E-state index < -0.39 is 23.0 Å². The number of nitrogens with zero attached hydrogens (tertiary/aromatic N) is 6. The van der Waals surface area contributed by atoms with Gasteiger partial charge < -0.3 is 15.0 Å². The van der Waals surface area contributed by atoms with Crippen LogP contribution in [0.15, 0.2) is 70.6 Å². The molecular formula is C31H32FN7O4. The largest absolute Gasteiger partial charge is 0.439 e. The molecule has 1 fully saturated rings. The number of aromatic nitrogens is 4. The third-order valence-corrected chi connectivity index (χ3v) is 7.88. The highest BCUT2D eigenvalue weighted by Gasteiger charge is 2.33. The summed E-state index contributed by atoms with van der Waals surface area (Å²) in [6.07, 6.45) is 3.58. The Balaban J connectivity index is 1.19. The second kappa shape index (κ2) is 11.5. The Morgan fingerprint density at radius 1 is 1.05 bits per heavy atom. The lowest BCUT2D eigenvalue weighted by Crippen LogP contribution is -2.58. The number of hydrogen-bond acceptors (Lipinski definition) is 8. The average Bonchev–Trinajstić information content (AvgIpc) is 2.97. The Bertz CT molecular complexity index is 1780. The molecule has 1 N–H and O–H groups in total. The van der Waals surface area contributed by atoms with Crippen LogP contribution in [0.4, 0.5) is 10.1 Å². The van der Waals surface area contributed by atoms with Gasteiger partial charge in [0.1, 0.15) is 23.5 Å². The molecule has 0 saturated carbocycles. The maximum Gasteiger partial charge on any atom is 0.335 e. The maximum atomic E-state index is 13.5. The van der Waals surface area contributed by atoms with Gasteiger partial charge in [-0.25, -0.2) is 23.7 Å². The fourth-order valence-corrected chi connectivity index (χ4v) is 5.47. The second-order valence-electron chi connectivity index (χ2n) is 11.2. The van der Waals surface area contributed by atoms with Crippen molar-refractivity contribution in [1.82, 2.24) is 28.9 Å². The van der Waals surface area contributed by atoms with Crippen LogP contribution in [-0.2, 0) is 13.0 Å². The van der Waals surface area contributed by atoms with Crippen molar-refractivity contribution in [3.05, 3.63) is 105 Å². The van der Waals surface area contributed by atoms with Crippen LogP contribution in [0.5, 0.6) is 11.6 Å². The van der Waals surface area contributed by atoms with Gasteiger partial charge >= 0.3 is 5.69 Å². The highest BCUT2D eigenvalue weighted by molar-refractivity contribution is 6.03. The van der Waals surface area contributed by atoms with E-state index in [2.05, 4.69) is 32.1 Å². The van der Waals surface area contributed by atoms with Crippen LogP contribution in [0.25, 0.3) is 5.69 Å². The number of halogens is 1. The van der Waals surface area contributed by atoms with E-state index in [4.69, 9.17) is 4.74 Å². The van der Waals surface area contributed by atoms with Gasteiger partial charge in [0, 0.05) is 55.7 Å². The monoisotopic (exact) mass is 585 g/mol. The van der Waals surface area contributed by atoms with Crippen molar-refractivity contribution in [2.24, 2.45) is 0 Å². The van der Waals surface area contributed by atoms with Gasteiger partial charge in [0.05, 0.1) is 11.4 Å². The number of ether oxygens (including phenoxy) is 1. The van der Waals surface area contributed by atoms with Gasteiger partial charge in [-0.15, -0.1) is 0 Å². The molecule has 0 spiro atoms. The number of carbonyl (C=O) groups is 1. The maximum absolute atomic E-state index is 13.5. The lowest BCUT2D eigenvalue weighted by molar-refractivity contribution is 0.0420. The van der Waals surface area contributed by atoms with Crippen LogP contribution in [0, 0.1) is 5.82 Å². The van der Waals surface area contributed by atoms with Crippen molar-refractivity contribution < 1.29 is 13.9 Å². The molecule has 0 radical (unpaired) electrons. The normalized spacial score (nSPS) is 15.7. The molecule has 0 unspecified atom stereocenters. The molecule has 0 bridgehead atoms. The Morgan fingerprint density at radius 2 is 1.77 bits per heavy atom. The number of anilines is 1. The molecule has 1 saturated heterocycles. The average molecular weight is 586 g/mol. The van der Waals surface area contributed by atoms with Crippen molar-refractivity contribution >= 4 is 11.6 Å². The molecule has 0 atom stereocenters. The summed E-state index contributed by atoms with van der Waals surface area (Å²) in [6.45, 7) is 7.35. The Labute approximate surface area is 247 Å². The first-order valence-electron chi connectivity index (χ1n) is 14.2. The molecule has 6 rings (SSSR count). The summed E-state index contributed by atoms with van der Waals surface area (Å²) in [7, 11) is 2.12. The fraction of sp³-hybridized carbons (Fsp3) is 0.323. The van der Waals surface area contributed by atoms with Crippen molar-refractivity contribution in [3.63, 3.8) is 0 Å². The molecule has 2 aliphatic heterocycles. The number of amides is 1. The minimum absolute atomic E-state index is 0.164. The number of fused-ring (bicyclic) bond motifs is 1. The third kappa shape index (κ3) is 5.71. The summed E-state index contributed by atoms with van der Waals surface area (Å²) in [4.78, 5) is 53.3. The van der Waals surface area contributed by atoms with Crippen LogP contribution in [0.1, 0.15) is 41.5 Å². The molecule has 2 aromatic heterocycles. The van der Waals surface area contributed by atoms with E-state index in [1.54, 1.807) is 38.1 Å². The minimum Gasteiger partial charge on any atom is -0.439 e. The minimum atomic E-state index is -0.803. The molecule has 222 valence electrons. The van der Waals surface area contributed by atoms with Crippen molar-refractivity contribution in [2.45, 2.75) is 38.9 Å². The molecular weight excluding hydrogens is 553 g/mol. The van der Waals surface area contributed by atoms with Gasteiger partial charge in [0.15, 0.2) is 0 Å². The first kappa shape index (κ1) is 28.4. The molecule has 12 heteroatoms. The molecule has 2 aromatic carbocycles. The number of nitrogens with one attached hydrogen (secondary N) is 1. The quantitative estimate of drug-likeness (QED) is 0.352. The number of hydrogen-bond donors (Lipinski definition) is 1. The molecule has 0 aliphatic carbocycles. The third-order valence-electron chi connectivity index (χ3n) is 7.88. The van der Waals surface area contributed by atoms with Gasteiger partial charge in [0.25, 0.3) is 11.5 Å². The van der Waals surface area contributed by atoms with Crippen molar-refractivity contribution in [3.8, 4) is 17.3 Å². The van der Waals surface area contributed by atoms with Crippen LogP contribution < -0.4 is 21.3 Å². The molecule has 1 amide bonds. The van der Waals surface area contributed by atoms with Gasteiger partial charge in [0.2, 0.25) is 5.88 Å². The SMILES string of the molecule is CC(C)n1cc(C(=O)Nc2ccc(Oc3ncnc4c3CCN(C3CN(C)C3)C4)cc2)c(=O)n(-c2ccc(F)cc2)c1=O. The summed E-state index contributed by atoms with van der Waals surface area (Å²) in [5.41, 5.74) is 0.913. The van der Waals surface area contributed by atoms with Crippen molar-refractivity contribution in [2.75, 3.05) is 32.0 Å². The highest BCUT2D eigenvalue weighted by Crippen LogP contribution is 2.30. The summed E-state index contributed by atoms with van der Waals surface area (Å²) in [6, 6.07) is 11.9. The van der Waals surface area contributed by atoms with E-state index >= 15 is 0 Å². The number of likely N-dealkylation sites (tertiary alicyclic amines) is 1. The van der Waals surface area contributed by atoms with Crippen LogP contribution in [0.3, 0.4) is 0 Å². The van der Waals surface area contributed by atoms with Gasteiger partial charge in [-0.1, -0.05) is 0 Å². The molecule has 4 aromatic rings. The lowest BCUT2D eigenvalue weighted by atomic mass is 10.0. The zero-order valence-electron chi connectivity index (χ0n) is 24.2.